The second-order valence-corrected chi connectivity index (χ2v) is 3.10. The van der Waals surface area contributed by atoms with E-state index >= 15 is 0 Å². The molecule has 0 aliphatic carbocycles. The van der Waals surface area contributed by atoms with Crippen molar-refractivity contribution in [2.24, 2.45) is 5.16 Å². The molecule has 0 saturated heterocycles. The zero-order chi connectivity index (χ0) is 9.68. The summed E-state index contributed by atoms with van der Waals surface area (Å²) in [7, 11) is 0. The Morgan fingerprint density at radius 1 is 1.38 bits per heavy atom. The topological polar surface area (TPSA) is 49.7 Å². The van der Waals surface area contributed by atoms with Crippen molar-refractivity contribution in [3.63, 3.8) is 0 Å². The lowest BCUT2D eigenvalue weighted by Gasteiger charge is -1.98. The molecule has 13 heavy (non-hydrogen) atoms. The number of ketones is 1. The van der Waals surface area contributed by atoms with Gasteiger partial charge in [0, 0.05) is 5.56 Å². The van der Waals surface area contributed by atoms with Crippen molar-refractivity contribution in [1.29, 1.82) is 0 Å². The van der Waals surface area contributed by atoms with E-state index in [9.17, 15) is 4.79 Å². The molecule has 0 radical (unpaired) electrons. The number of hydrogen-bond donors (Lipinski definition) is 1. The van der Waals surface area contributed by atoms with Crippen LogP contribution in [-0.4, -0.2) is 22.3 Å². The Hall–Kier alpha value is -1.29. The molecule has 0 amide bonds. The van der Waals surface area contributed by atoms with Crippen LogP contribution in [0.4, 0.5) is 0 Å². The first-order chi connectivity index (χ1) is 6.29. The molecule has 4 heteroatoms. The van der Waals surface area contributed by atoms with Crippen LogP contribution < -0.4 is 0 Å². The van der Waals surface area contributed by atoms with Gasteiger partial charge in [-0.05, 0) is 6.26 Å². The minimum atomic E-state index is -0.254. The fourth-order valence-electron chi connectivity index (χ4n) is 0.892. The lowest BCUT2D eigenvalue weighted by molar-refractivity contribution is 0.106. The minimum absolute atomic E-state index is 0.103. The van der Waals surface area contributed by atoms with E-state index in [4.69, 9.17) is 5.21 Å². The summed E-state index contributed by atoms with van der Waals surface area (Å²) in [5.41, 5.74) is 0.532. The van der Waals surface area contributed by atoms with Gasteiger partial charge < -0.3 is 5.21 Å². The molecular weight excluding hydrogens is 186 g/mol. The first-order valence-electron chi connectivity index (χ1n) is 3.65. The Morgan fingerprint density at radius 2 is 2.00 bits per heavy atom. The third-order valence-corrected chi connectivity index (χ3v) is 2.17. The van der Waals surface area contributed by atoms with Gasteiger partial charge in [0.2, 0.25) is 5.78 Å². The quantitative estimate of drug-likeness (QED) is 0.258. The number of carbonyl (C=O) groups excluding carboxylic acids is 1. The van der Waals surface area contributed by atoms with Gasteiger partial charge in [-0.1, -0.05) is 35.5 Å². The fraction of sp³-hybridized carbons (Fsp3) is 0.111. The Kier molecular flexibility index (Phi) is 3.52. The van der Waals surface area contributed by atoms with Crippen molar-refractivity contribution in [3.05, 3.63) is 35.9 Å². The lowest BCUT2D eigenvalue weighted by atomic mass is 10.1. The molecule has 1 aromatic carbocycles. The third kappa shape index (κ3) is 2.32. The molecule has 1 aromatic rings. The second kappa shape index (κ2) is 4.67. The summed E-state index contributed by atoms with van der Waals surface area (Å²) in [6.45, 7) is 0. The number of carbonyl (C=O) groups is 1. The van der Waals surface area contributed by atoms with Crippen molar-refractivity contribution in [2.45, 2.75) is 0 Å². The van der Waals surface area contributed by atoms with Crippen LogP contribution in [0.5, 0.6) is 0 Å². The van der Waals surface area contributed by atoms with Crippen LogP contribution in [0.1, 0.15) is 10.4 Å². The molecule has 0 unspecified atom stereocenters. The van der Waals surface area contributed by atoms with Crippen LogP contribution in [0.25, 0.3) is 0 Å². The Labute approximate surface area is 80.5 Å². The Bertz CT molecular complexity index is 322. The van der Waals surface area contributed by atoms with Gasteiger partial charge in [-0.3, -0.25) is 4.79 Å². The van der Waals surface area contributed by atoms with Gasteiger partial charge >= 0.3 is 0 Å². The highest BCUT2D eigenvalue weighted by atomic mass is 32.2. The molecule has 3 nitrogen and oxygen atoms in total. The molecule has 0 spiro atoms. The van der Waals surface area contributed by atoms with E-state index in [1.807, 2.05) is 6.07 Å². The predicted molar refractivity (Wildman–Crippen MR) is 53.5 cm³/mol. The fourth-order valence-corrected chi connectivity index (χ4v) is 1.28. The lowest BCUT2D eigenvalue weighted by Crippen LogP contribution is -2.09. The van der Waals surface area contributed by atoms with E-state index in [0.29, 0.717) is 5.56 Å². The Morgan fingerprint density at radius 3 is 2.46 bits per heavy atom. The van der Waals surface area contributed by atoms with E-state index in [2.05, 4.69) is 5.16 Å². The molecular formula is C9H9NO2S. The Balaban J connectivity index is 2.92. The van der Waals surface area contributed by atoms with Crippen LogP contribution in [-0.2, 0) is 0 Å². The van der Waals surface area contributed by atoms with E-state index in [-0.39, 0.29) is 10.8 Å². The molecule has 1 rings (SSSR count). The normalized spacial score (nSPS) is 11.3. The number of benzene rings is 1. The van der Waals surface area contributed by atoms with Crippen LogP contribution >= 0.6 is 11.8 Å². The highest BCUT2D eigenvalue weighted by molar-refractivity contribution is 8.15. The van der Waals surface area contributed by atoms with E-state index in [0.717, 1.165) is 11.8 Å². The van der Waals surface area contributed by atoms with Crippen molar-refractivity contribution < 1.29 is 10.0 Å². The summed E-state index contributed by atoms with van der Waals surface area (Å²) in [5, 5.41) is 11.5. The van der Waals surface area contributed by atoms with Crippen molar-refractivity contribution in [2.75, 3.05) is 6.26 Å². The summed E-state index contributed by atoms with van der Waals surface area (Å²) in [6, 6.07) is 8.73. The number of oxime groups is 1. The van der Waals surface area contributed by atoms with Gasteiger partial charge in [0.1, 0.15) is 0 Å². The van der Waals surface area contributed by atoms with Gasteiger partial charge in [-0.2, -0.15) is 0 Å². The van der Waals surface area contributed by atoms with Crippen molar-refractivity contribution >= 4 is 22.6 Å². The molecule has 0 bridgehead atoms. The van der Waals surface area contributed by atoms with Gasteiger partial charge in [0.15, 0.2) is 5.04 Å². The maximum atomic E-state index is 11.5. The summed E-state index contributed by atoms with van der Waals surface area (Å²) in [5.74, 6) is -0.254. The van der Waals surface area contributed by atoms with E-state index < -0.39 is 0 Å². The monoisotopic (exact) mass is 195 g/mol. The van der Waals surface area contributed by atoms with Crippen LogP contribution in [0.2, 0.25) is 0 Å². The van der Waals surface area contributed by atoms with E-state index in [1.165, 1.54) is 0 Å². The zero-order valence-electron chi connectivity index (χ0n) is 7.10. The van der Waals surface area contributed by atoms with Gasteiger partial charge in [-0.15, -0.1) is 11.8 Å². The van der Waals surface area contributed by atoms with E-state index in [1.54, 1.807) is 30.5 Å². The van der Waals surface area contributed by atoms with Gasteiger partial charge in [0.05, 0.1) is 0 Å². The first kappa shape index (κ1) is 9.80. The number of hydrogen-bond acceptors (Lipinski definition) is 4. The molecule has 0 atom stereocenters. The average molecular weight is 195 g/mol. The maximum Gasteiger partial charge on any atom is 0.221 e. The van der Waals surface area contributed by atoms with Crippen molar-refractivity contribution in [3.8, 4) is 0 Å². The number of Topliss-reactive ketones (excluding diaryl/α,β-unsaturated/α-hetero) is 1. The molecule has 0 fully saturated rings. The SMILES string of the molecule is CS/C(=N\O)C(=O)c1ccccc1. The summed E-state index contributed by atoms with van der Waals surface area (Å²) >= 11 is 1.12. The smallest absolute Gasteiger partial charge is 0.221 e. The number of thioether (sulfide) groups is 1. The van der Waals surface area contributed by atoms with Crippen LogP contribution in [0.15, 0.2) is 35.5 Å². The second-order valence-electron chi connectivity index (χ2n) is 2.30. The molecule has 0 heterocycles. The molecule has 0 aliphatic rings. The van der Waals surface area contributed by atoms with Crippen molar-refractivity contribution in [1.82, 2.24) is 0 Å². The molecule has 68 valence electrons. The van der Waals surface area contributed by atoms with Gasteiger partial charge in [0.25, 0.3) is 0 Å². The first-order valence-corrected chi connectivity index (χ1v) is 4.88. The van der Waals surface area contributed by atoms with Gasteiger partial charge in [-0.25, -0.2) is 0 Å². The largest absolute Gasteiger partial charge is 0.410 e. The van der Waals surface area contributed by atoms with Crippen LogP contribution in [0.3, 0.4) is 0 Å². The molecule has 1 N–H and O–H groups in total. The molecule has 0 aliphatic heterocycles. The summed E-state index contributed by atoms with van der Waals surface area (Å²) in [4.78, 5) is 11.5. The number of nitrogens with zero attached hydrogens (tertiary/aromatic N) is 1. The predicted octanol–water partition coefficient (Wildman–Crippen LogP) is 2.02. The molecule has 0 aromatic heterocycles. The number of rotatable bonds is 2. The highest BCUT2D eigenvalue weighted by Gasteiger charge is 2.12. The zero-order valence-corrected chi connectivity index (χ0v) is 7.91. The standard InChI is InChI=1S/C9H9NO2S/c1-13-9(10-12)8(11)7-5-3-2-4-6-7/h2-6,12H,1H3/b10-9-. The summed E-state index contributed by atoms with van der Waals surface area (Å²) < 4.78 is 0. The minimum Gasteiger partial charge on any atom is -0.410 e. The average Bonchev–Trinajstić information content (AvgIpc) is 2.21. The maximum absolute atomic E-state index is 11.5. The third-order valence-electron chi connectivity index (χ3n) is 1.51. The van der Waals surface area contributed by atoms with Crippen LogP contribution in [0, 0.1) is 0 Å². The summed E-state index contributed by atoms with van der Waals surface area (Å²) in [6.07, 6.45) is 1.69. The molecule has 0 saturated carbocycles. The highest BCUT2D eigenvalue weighted by Crippen LogP contribution is 2.07.